The van der Waals surface area contributed by atoms with Gasteiger partial charge >= 0.3 is 6.18 Å². The number of fused-ring (bicyclic) bond motifs is 3. The molecule has 3 N–H and O–H groups in total. The van der Waals surface area contributed by atoms with E-state index in [1.807, 2.05) is 13.0 Å². The van der Waals surface area contributed by atoms with E-state index in [1.54, 1.807) is 24.3 Å². The first-order valence-electron chi connectivity index (χ1n) is 9.55. The van der Waals surface area contributed by atoms with Crippen LogP contribution in [0.2, 0.25) is 0 Å². The Kier molecular flexibility index (Phi) is 5.21. The van der Waals surface area contributed by atoms with Crippen LogP contribution in [0.15, 0.2) is 53.5 Å². The van der Waals surface area contributed by atoms with Crippen molar-refractivity contribution >= 4 is 27.5 Å². The standard InChI is InChI=1S/C21H20F3N5O/c1-2-25-8-9-26-18-11-17-14(10-16(18)21(22,23)24)19-15(12-27-17)20(30)29(28-19)13-6-4-3-5-7-13/h3-7,10-12,25-26,28H,2,8-9H2,1H3. The molecule has 0 fully saturated rings. The van der Waals surface area contributed by atoms with Gasteiger partial charge in [0.2, 0.25) is 0 Å². The summed E-state index contributed by atoms with van der Waals surface area (Å²) in [5.74, 6) is 0. The Morgan fingerprint density at radius 3 is 2.57 bits per heavy atom. The number of alkyl halides is 3. The van der Waals surface area contributed by atoms with Gasteiger partial charge in [0.05, 0.1) is 27.7 Å². The average molecular weight is 415 g/mol. The minimum absolute atomic E-state index is 0.0374. The van der Waals surface area contributed by atoms with E-state index >= 15 is 0 Å². The van der Waals surface area contributed by atoms with Crippen molar-refractivity contribution in [3.63, 3.8) is 0 Å². The van der Waals surface area contributed by atoms with Crippen LogP contribution in [0.1, 0.15) is 12.5 Å². The number of anilines is 1. The molecule has 0 aliphatic rings. The van der Waals surface area contributed by atoms with E-state index in [0.717, 1.165) is 12.6 Å². The summed E-state index contributed by atoms with van der Waals surface area (Å²) < 4.78 is 42.6. The van der Waals surface area contributed by atoms with Crippen LogP contribution in [0.5, 0.6) is 0 Å². The van der Waals surface area contributed by atoms with E-state index < -0.39 is 11.7 Å². The highest BCUT2D eigenvalue weighted by Gasteiger charge is 2.34. The van der Waals surface area contributed by atoms with Gasteiger partial charge in [-0.2, -0.15) is 13.2 Å². The fourth-order valence-electron chi connectivity index (χ4n) is 3.41. The lowest BCUT2D eigenvalue weighted by molar-refractivity contribution is -0.136. The summed E-state index contributed by atoms with van der Waals surface area (Å²) in [6, 6.07) is 11.3. The second kappa shape index (κ2) is 7.83. The molecule has 0 spiro atoms. The monoisotopic (exact) mass is 415 g/mol. The summed E-state index contributed by atoms with van der Waals surface area (Å²) in [4.78, 5) is 17.0. The summed E-state index contributed by atoms with van der Waals surface area (Å²) in [5, 5.41) is 9.31. The van der Waals surface area contributed by atoms with Gasteiger partial charge in [0.25, 0.3) is 5.56 Å². The molecular weight excluding hydrogens is 395 g/mol. The van der Waals surface area contributed by atoms with Gasteiger partial charge in [-0.25, -0.2) is 4.68 Å². The minimum Gasteiger partial charge on any atom is -0.383 e. The third-order valence-electron chi connectivity index (χ3n) is 4.85. The summed E-state index contributed by atoms with van der Waals surface area (Å²) >= 11 is 0. The Balaban J connectivity index is 1.88. The van der Waals surface area contributed by atoms with Gasteiger partial charge < -0.3 is 10.6 Å². The van der Waals surface area contributed by atoms with Crippen molar-refractivity contribution in [2.75, 3.05) is 25.0 Å². The lowest BCUT2D eigenvalue weighted by Crippen LogP contribution is -2.22. The Bertz CT molecular complexity index is 1240. The minimum atomic E-state index is -4.56. The summed E-state index contributed by atoms with van der Waals surface area (Å²) in [7, 11) is 0. The average Bonchev–Trinajstić information content (AvgIpc) is 3.07. The van der Waals surface area contributed by atoms with Crippen LogP contribution in [-0.4, -0.2) is 34.4 Å². The number of H-pyrrole nitrogens is 1. The van der Waals surface area contributed by atoms with Crippen LogP contribution in [0.4, 0.5) is 18.9 Å². The van der Waals surface area contributed by atoms with Crippen LogP contribution in [-0.2, 0) is 6.18 Å². The van der Waals surface area contributed by atoms with Crippen LogP contribution in [0.25, 0.3) is 27.5 Å². The number of aromatic amines is 1. The third kappa shape index (κ3) is 3.63. The van der Waals surface area contributed by atoms with Crippen LogP contribution in [0.3, 0.4) is 0 Å². The molecule has 2 heterocycles. The third-order valence-corrected chi connectivity index (χ3v) is 4.85. The molecular formula is C21H20F3N5O. The highest BCUT2D eigenvalue weighted by Crippen LogP contribution is 2.38. The van der Waals surface area contributed by atoms with Crippen molar-refractivity contribution in [1.29, 1.82) is 0 Å². The van der Waals surface area contributed by atoms with Gasteiger partial charge in [-0.3, -0.25) is 14.9 Å². The number of aromatic nitrogens is 3. The van der Waals surface area contributed by atoms with Crippen molar-refractivity contribution in [1.82, 2.24) is 20.1 Å². The van der Waals surface area contributed by atoms with E-state index in [-0.39, 0.29) is 22.0 Å². The molecule has 30 heavy (non-hydrogen) atoms. The number of hydrogen-bond acceptors (Lipinski definition) is 4. The van der Waals surface area contributed by atoms with E-state index in [9.17, 15) is 18.0 Å². The van der Waals surface area contributed by atoms with Crippen molar-refractivity contribution in [3.05, 3.63) is 64.6 Å². The lowest BCUT2D eigenvalue weighted by atomic mass is 10.1. The smallest absolute Gasteiger partial charge is 0.383 e. The number of likely N-dealkylation sites (N-methyl/N-ethyl adjacent to an activating group) is 1. The number of halogens is 3. The fraction of sp³-hybridized carbons (Fsp3) is 0.238. The zero-order valence-electron chi connectivity index (χ0n) is 16.2. The molecule has 0 saturated carbocycles. The number of rotatable bonds is 6. The second-order valence-corrected chi connectivity index (χ2v) is 6.83. The summed E-state index contributed by atoms with van der Waals surface area (Å²) in [6.07, 6.45) is -3.16. The predicted molar refractivity (Wildman–Crippen MR) is 111 cm³/mol. The molecule has 0 aliphatic heterocycles. The Labute approximate surface area is 169 Å². The number of pyridine rings is 1. The highest BCUT2D eigenvalue weighted by molar-refractivity contribution is 6.04. The quantitative estimate of drug-likeness (QED) is 0.418. The maximum atomic E-state index is 13.7. The van der Waals surface area contributed by atoms with Gasteiger partial charge in [0.1, 0.15) is 0 Å². The number of nitrogens with zero attached hydrogens (tertiary/aromatic N) is 2. The summed E-state index contributed by atoms with van der Waals surface area (Å²) in [5.41, 5.74) is 0.0665. The van der Waals surface area contributed by atoms with Crippen LogP contribution in [0, 0.1) is 0 Å². The second-order valence-electron chi connectivity index (χ2n) is 6.83. The fourth-order valence-corrected chi connectivity index (χ4v) is 3.41. The van der Waals surface area contributed by atoms with Crippen molar-refractivity contribution in [2.45, 2.75) is 13.1 Å². The number of nitrogens with one attached hydrogen (secondary N) is 3. The molecule has 2 aromatic carbocycles. The molecule has 9 heteroatoms. The van der Waals surface area contributed by atoms with Crippen LogP contribution < -0.4 is 16.2 Å². The predicted octanol–water partition coefficient (Wildman–Crippen LogP) is 3.91. The molecule has 0 aliphatic carbocycles. The van der Waals surface area contributed by atoms with Gasteiger partial charge in [0.15, 0.2) is 0 Å². The zero-order chi connectivity index (χ0) is 21.3. The molecule has 6 nitrogen and oxygen atoms in total. The molecule has 0 amide bonds. The van der Waals surface area contributed by atoms with Gasteiger partial charge in [0, 0.05) is 30.4 Å². The maximum Gasteiger partial charge on any atom is 0.418 e. The Morgan fingerprint density at radius 2 is 1.87 bits per heavy atom. The normalized spacial score (nSPS) is 12.0. The summed E-state index contributed by atoms with van der Waals surface area (Å²) in [6.45, 7) is 3.53. The zero-order valence-corrected chi connectivity index (χ0v) is 16.2. The molecule has 0 bridgehead atoms. The molecule has 0 atom stereocenters. The van der Waals surface area contributed by atoms with Gasteiger partial charge in [-0.15, -0.1) is 0 Å². The first-order valence-corrected chi connectivity index (χ1v) is 9.55. The number of hydrogen-bond donors (Lipinski definition) is 3. The highest BCUT2D eigenvalue weighted by atomic mass is 19.4. The van der Waals surface area contributed by atoms with Crippen molar-refractivity contribution in [3.8, 4) is 5.69 Å². The molecule has 156 valence electrons. The van der Waals surface area contributed by atoms with Gasteiger partial charge in [-0.05, 0) is 30.8 Å². The number of benzene rings is 2. The Morgan fingerprint density at radius 1 is 1.10 bits per heavy atom. The molecule has 0 unspecified atom stereocenters. The van der Waals surface area contributed by atoms with E-state index in [2.05, 4.69) is 20.7 Å². The first kappa shape index (κ1) is 20.0. The topological polar surface area (TPSA) is 74.7 Å². The van der Waals surface area contributed by atoms with E-state index in [4.69, 9.17) is 0 Å². The molecule has 4 rings (SSSR count). The maximum absolute atomic E-state index is 13.7. The van der Waals surface area contributed by atoms with Gasteiger partial charge in [-0.1, -0.05) is 25.1 Å². The Hall–Kier alpha value is -3.33. The largest absolute Gasteiger partial charge is 0.418 e. The van der Waals surface area contributed by atoms with Crippen molar-refractivity contribution in [2.24, 2.45) is 0 Å². The molecule has 2 aromatic heterocycles. The first-order chi connectivity index (χ1) is 14.4. The molecule has 0 saturated heterocycles. The van der Waals surface area contributed by atoms with E-state index in [0.29, 0.717) is 29.8 Å². The number of para-hydroxylation sites is 1. The van der Waals surface area contributed by atoms with Crippen LogP contribution >= 0.6 is 0 Å². The SMILES string of the molecule is CCNCCNc1cc2ncc3c(=O)n(-c4ccccc4)[nH]c3c2cc1C(F)(F)F. The molecule has 4 aromatic rings. The van der Waals surface area contributed by atoms with Crippen molar-refractivity contribution < 1.29 is 13.2 Å². The molecule has 0 radical (unpaired) electrons. The van der Waals surface area contributed by atoms with E-state index in [1.165, 1.54) is 16.9 Å². The lowest BCUT2D eigenvalue weighted by Gasteiger charge is -2.16.